The number of benzene rings is 1. The van der Waals surface area contributed by atoms with E-state index in [9.17, 15) is 8.42 Å². The van der Waals surface area contributed by atoms with Gasteiger partial charge >= 0.3 is 0 Å². The molecule has 0 spiro atoms. The highest BCUT2D eigenvalue weighted by Gasteiger charge is 2.27. The van der Waals surface area contributed by atoms with Crippen LogP contribution in [0.25, 0.3) is 0 Å². The third kappa shape index (κ3) is 3.82. The third-order valence-electron chi connectivity index (χ3n) is 3.45. The van der Waals surface area contributed by atoms with E-state index in [1.807, 2.05) is 44.2 Å². The maximum absolute atomic E-state index is 12.3. The van der Waals surface area contributed by atoms with Crippen molar-refractivity contribution < 1.29 is 8.42 Å². The molecule has 0 saturated carbocycles. The molecule has 4 heteroatoms. The second kappa shape index (κ2) is 6.34. The van der Waals surface area contributed by atoms with E-state index >= 15 is 0 Å². The fourth-order valence-corrected chi connectivity index (χ4v) is 3.79. The van der Waals surface area contributed by atoms with Gasteiger partial charge in [0, 0.05) is 6.04 Å². The topological polar surface area (TPSA) is 46.2 Å². The zero-order valence-electron chi connectivity index (χ0n) is 11.6. The van der Waals surface area contributed by atoms with E-state index < -0.39 is 9.84 Å². The molecule has 2 unspecified atom stereocenters. The largest absolute Gasteiger partial charge is 0.312 e. The Morgan fingerprint density at radius 2 is 1.67 bits per heavy atom. The minimum absolute atomic E-state index is 0.141. The van der Waals surface area contributed by atoms with E-state index in [0.717, 1.165) is 5.56 Å². The maximum Gasteiger partial charge on any atom is 0.155 e. The molecule has 0 aliphatic carbocycles. The smallest absolute Gasteiger partial charge is 0.155 e. The molecule has 0 aliphatic rings. The van der Waals surface area contributed by atoms with Gasteiger partial charge in [0.05, 0.1) is 11.0 Å². The second-order valence-corrected chi connectivity index (χ2v) is 7.43. The van der Waals surface area contributed by atoms with Crippen LogP contribution in [0, 0.1) is 5.92 Å². The molecule has 1 N–H and O–H groups in total. The van der Waals surface area contributed by atoms with Gasteiger partial charge in [0.2, 0.25) is 0 Å². The van der Waals surface area contributed by atoms with Crippen LogP contribution >= 0.6 is 0 Å². The van der Waals surface area contributed by atoms with Gasteiger partial charge in [-0.3, -0.25) is 0 Å². The van der Waals surface area contributed by atoms with Crippen molar-refractivity contribution in [3.63, 3.8) is 0 Å². The predicted molar refractivity (Wildman–Crippen MR) is 76.3 cm³/mol. The quantitative estimate of drug-likeness (QED) is 0.862. The summed E-state index contributed by atoms with van der Waals surface area (Å²) in [5.74, 6) is 0.288. The van der Waals surface area contributed by atoms with Gasteiger partial charge < -0.3 is 5.32 Å². The van der Waals surface area contributed by atoms with Crippen LogP contribution in [-0.4, -0.2) is 26.5 Å². The Morgan fingerprint density at radius 1 is 1.11 bits per heavy atom. The van der Waals surface area contributed by atoms with Crippen LogP contribution in [0.4, 0.5) is 0 Å². The molecule has 0 aliphatic heterocycles. The molecule has 0 fully saturated rings. The number of rotatable bonds is 6. The lowest BCUT2D eigenvalue weighted by molar-refractivity contribution is 0.532. The summed E-state index contributed by atoms with van der Waals surface area (Å²) in [4.78, 5) is 0. The highest BCUT2D eigenvalue weighted by atomic mass is 32.2. The standard InChI is InChI=1S/C14H23NO2S/c1-11(2)12(3)18(16,17)10-14(15-4)13-8-6-5-7-9-13/h5-9,11-12,14-15H,10H2,1-4H3. The van der Waals surface area contributed by atoms with Crippen LogP contribution in [0.1, 0.15) is 32.4 Å². The lowest BCUT2D eigenvalue weighted by Crippen LogP contribution is -2.32. The molecule has 3 nitrogen and oxygen atoms in total. The van der Waals surface area contributed by atoms with Crippen LogP contribution in [0.2, 0.25) is 0 Å². The molecule has 0 amide bonds. The molecule has 2 atom stereocenters. The molecule has 1 aromatic carbocycles. The van der Waals surface area contributed by atoms with Crippen LogP contribution in [0.3, 0.4) is 0 Å². The van der Waals surface area contributed by atoms with Gasteiger partial charge in [-0.1, -0.05) is 44.2 Å². The summed E-state index contributed by atoms with van der Waals surface area (Å²) in [5.41, 5.74) is 1.01. The fourth-order valence-electron chi connectivity index (χ4n) is 1.83. The van der Waals surface area contributed by atoms with E-state index in [1.165, 1.54) is 0 Å². The van der Waals surface area contributed by atoms with Crippen LogP contribution in [-0.2, 0) is 9.84 Å². The van der Waals surface area contributed by atoms with E-state index in [0.29, 0.717) is 0 Å². The molecular formula is C14H23NO2S. The normalized spacial score (nSPS) is 15.6. The minimum atomic E-state index is -3.08. The molecule has 0 radical (unpaired) electrons. The van der Waals surface area contributed by atoms with Gasteiger partial charge in [-0.05, 0) is 25.5 Å². The lowest BCUT2D eigenvalue weighted by Gasteiger charge is -2.21. The lowest BCUT2D eigenvalue weighted by atomic mass is 10.1. The van der Waals surface area contributed by atoms with E-state index in [-0.39, 0.29) is 23.0 Å². The van der Waals surface area contributed by atoms with E-state index in [2.05, 4.69) is 5.32 Å². The number of sulfone groups is 1. The summed E-state index contributed by atoms with van der Waals surface area (Å²) < 4.78 is 24.5. The SMILES string of the molecule is CNC(CS(=O)(=O)C(C)C(C)C)c1ccccc1. The van der Waals surface area contributed by atoms with Crippen molar-refractivity contribution in [2.24, 2.45) is 5.92 Å². The van der Waals surface area contributed by atoms with Crippen molar-refractivity contribution in [2.45, 2.75) is 32.1 Å². The Morgan fingerprint density at radius 3 is 2.11 bits per heavy atom. The molecule has 0 heterocycles. The van der Waals surface area contributed by atoms with Gasteiger partial charge in [-0.25, -0.2) is 8.42 Å². The molecule has 0 aromatic heterocycles. The zero-order valence-corrected chi connectivity index (χ0v) is 12.4. The Kier molecular flexibility index (Phi) is 5.35. The zero-order chi connectivity index (χ0) is 13.8. The third-order valence-corrected chi connectivity index (χ3v) is 5.93. The molecule has 1 rings (SSSR count). The average molecular weight is 269 g/mol. The molecule has 18 heavy (non-hydrogen) atoms. The number of hydrogen-bond acceptors (Lipinski definition) is 3. The van der Waals surface area contributed by atoms with Crippen LogP contribution in [0.15, 0.2) is 30.3 Å². The molecule has 102 valence electrons. The molecule has 1 aromatic rings. The monoisotopic (exact) mass is 269 g/mol. The second-order valence-electron chi connectivity index (χ2n) is 5.03. The highest BCUT2D eigenvalue weighted by molar-refractivity contribution is 7.92. The summed E-state index contributed by atoms with van der Waals surface area (Å²) >= 11 is 0. The van der Waals surface area contributed by atoms with Gasteiger partial charge in [-0.2, -0.15) is 0 Å². The van der Waals surface area contributed by atoms with Crippen molar-refractivity contribution in [3.8, 4) is 0 Å². The van der Waals surface area contributed by atoms with E-state index in [4.69, 9.17) is 0 Å². The first-order valence-corrected chi connectivity index (χ1v) is 8.03. The highest BCUT2D eigenvalue weighted by Crippen LogP contribution is 2.20. The predicted octanol–water partition coefficient (Wildman–Crippen LogP) is 2.41. The summed E-state index contributed by atoms with van der Waals surface area (Å²) in [7, 11) is -1.28. The first kappa shape index (κ1) is 15.2. The first-order valence-electron chi connectivity index (χ1n) is 6.32. The molecule has 0 saturated heterocycles. The number of nitrogens with one attached hydrogen (secondary N) is 1. The Labute approximate surface area is 111 Å². The molecular weight excluding hydrogens is 246 g/mol. The van der Waals surface area contributed by atoms with Gasteiger partial charge in [-0.15, -0.1) is 0 Å². The molecule has 0 bridgehead atoms. The Hall–Kier alpha value is -0.870. The van der Waals surface area contributed by atoms with Gasteiger partial charge in [0.1, 0.15) is 0 Å². The van der Waals surface area contributed by atoms with E-state index in [1.54, 1.807) is 14.0 Å². The van der Waals surface area contributed by atoms with Crippen LogP contribution < -0.4 is 5.32 Å². The average Bonchev–Trinajstić information content (AvgIpc) is 2.36. The van der Waals surface area contributed by atoms with Crippen molar-refractivity contribution in [3.05, 3.63) is 35.9 Å². The van der Waals surface area contributed by atoms with Crippen molar-refractivity contribution in [1.29, 1.82) is 0 Å². The fraction of sp³-hybridized carbons (Fsp3) is 0.571. The summed E-state index contributed by atoms with van der Waals surface area (Å²) in [6.45, 7) is 5.68. The summed E-state index contributed by atoms with van der Waals surface area (Å²) in [6, 6.07) is 9.56. The minimum Gasteiger partial charge on any atom is -0.312 e. The maximum atomic E-state index is 12.3. The van der Waals surface area contributed by atoms with Crippen molar-refractivity contribution in [2.75, 3.05) is 12.8 Å². The van der Waals surface area contributed by atoms with Gasteiger partial charge in [0.15, 0.2) is 9.84 Å². The van der Waals surface area contributed by atoms with Crippen LogP contribution in [0.5, 0.6) is 0 Å². The van der Waals surface area contributed by atoms with Crippen molar-refractivity contribution >= 4 is 9.84 Å². The number of hydrogen-bond donors (Lipinski definition) is 1. The Balaban J connectivity index is 2.88. The first-order chi connectivity index (χ1) is 8.38. The van der Waals surface area contributed by atoms with Crippen molar-refractivity contribution in [1.82, 2.24) is 5.32 Å². The Bertz CT molecular complexity index is 454. The summed E-state index contributed by atoms with van der Waals surface area (Å²) in [6.07, 6.45) is 0. The summed E-state index contributed by atoms with van der Waals surface area (Å²) in [5, 5.41) is 2.78. The van der Waals surface area contributed by atoms with Gasteiger partial charge in [0.25, 0.3) is 0 Å².